The number of carbonyl (C=O) groups is 2. The Balaban J connectivity index is 1.56. The number of nitro benzene ring substituents is 1. The normalized spacial score (nSPS) is 15.1. The minimum absolute atomic E-state index is 0.144. The summed E-state index contributed by atoms with van der Waals surface area (Å²) in [5.74, 6) is -1.01. The van der Waals surface area contributed by atoms with Crippen LogP contribution in [-0.4, -0.2) is 30.0 Å². The number of aryl methyl sites for hydroxylation is 1. The quantitative estimate of drug-likeness (QED) is 0.465. The number of nitrogens with one attached hydrogen (secondary N) is 1. The molecule has 28 heavy (non-hydrogen) atoms. The van der Waals surface area contributed by atoms with Gasteiger partial charge >= 0.3 is 5.97 Å². The fourth-order valence-electron chi connectivity index (χ4n) is 2.81. The molecule has 2 aromatic carbocycles. The molecule has 8 nitrogen and oxygen atoms in total. The SMILES string of the molecule is Cc1ccc([N+](=O)[O-])cc1NC(=O)COC(=O)[C@@H]1COc2ccc(Cl)cc2C1. The van der Waals surface area contributed by atoms with Crippen molar-refractivity contribution in [1.82, 2.24) is 0 Å². The molecule has 1 amide bonds. The monoisotopic (exact) mass is 404 g/mol. The summed E-state index contributed by atoms with van der Waals surface area (Å²) in [5, 5.41) is 13.9. The number of fused-ring (bicyclic) bond motifs is 1. The van der Waals surface area contributed by atoms with Crippen LogP contribution < -0.4 is 10.1 Å². The molecule has 0 fully saturated rings. The maximum Gasteiger partial charge on any atom is 0.313 e. The number of anilines is 1. The van der Waals surface area contributed by atoms with E-state index in [-0.39, 0.29) is 12.3 Å². The average molecular weight is 405 g/mol. The number of non-ortho nitro benzene ring substituents is 1. The van der Waals surface area contributed by atoms with Gasteiger partial charge in [-0.3, -0.25) is 19.7 Å². The van der Waals surface area contributed by atoms with E-state index in [4.69, 9.17) is 21.1 Å². The molecule has 0 saturated carbocycles. The molecule has 1 atom stereocenters. The topological polar surface area (TPSA) is 108 Å². The van der Waals surface area contributed by atoms with Crippen LogP contribution >= 0.6 is 11.6 Å². The van der Waals surface area contributed by atoms with Crippen molar-refractivity contribution in [3.8, 4) is 5.75 Å². The molecule has 1 N–H and O–H groups in total. The van der Waals surface area contributed by atoms with Crippen molar-refractivity contribution in [1.29, 1.82) is 0 Å². The van der Waals surface area contributed by atoms with Gasteiger partial charge in [0.2, 0.25) is 0 Å². The van der Waals surface area contributed by atoms with Crippen molar-refractivity contribution in [2.24, 2.45) is 5.92 Å². The first-order valence-corrected chi connectivity index (χ1v) is 8.84. The summed E-state index contributed by atoms with van der Waals surface area (Å²) in [4.78, 5) is 34.6. The van der Waals surface area contributed by atoms with E-state index in [9.17, 15) is 19.7 Å². The van der Waals surface area contributed by atoms with E-state index in [0.29, 0.717) is 28.4 Å². The lowest BCUT2D eigenvalue weighted by Gasteiger charge is -2.24. The first kappa shape index (κ1) is 19.6. The predicted molar refractivity (Wildman–Crippen MR) is 102 cm³/mol. The van der Waals surface area contributed by atoms with Crippen LogP contribution in [0.2, 0.25) is 5.02 Å². The first-order chi connectivity index (χ1) is 13.3. The molecule has 1 heterocycles. The Kier molecular flexibility index (Phi) is 5.79. The van der Waals surface area contributed by atoms with E-state index < -0.39 is 29.3 Å². The number of halogens is 1. The highest BCUT2D eigenvalue weighted by atomic mass is 35.5. The molecule has 146 valence electrons. The van der Waals surface area contributed by atoms with Crippen molar-refractivity contribution in [2.45, 2.75) is 13.3 Å². The average Bonchev–Trinajstić information content (AvgIpc) is 2.67. The van der Waals surface area contributed by atoms with E-state index >= 15 is 0 Å². The second kappa shape index (κ2) is 8.26. The first-order valence-electron chi connectivity index (χ1n) is 8.46. The Hall–Kier alpha value is -3.13. The third kappa shape index (κ3) is 4.58. The third-order valence-electron chi connectivity index (χ3n) is 4.31. The zero-order valence-electron chi connectivity index (χ0n) is 14.9. The van der Waals surface area contributed by atoms with Gasteiger partial charge in [0.25, 0.3) is 11.6 Å². The van der Waals surface area contributed by atoms with E-state index in [1.807, 2.05) is 0 Å². The molecule has 1 aliphatic heterocycles. The maximum absolute atomic E-state index is 12.3. The zero-order chi connectivity index (χ0) is 20.3. The van der Waals surface area contributed by atoms with E-state index in [0.717, 1.165) is 5.56 Å². The van der Waals surface area contributed by atoms with Crippen LogP contribution in [0.4, 0.5) is 11.4 Å². The second-order valence-corrected chi connectivity index (χ2v) is 6.81. The molecule has 0 bridgehead atoms. The highest BCUT2D eigenvalue weighted by Crippen LogP contribution is 2.30. The molecule has 0 aromatic heterocycles. The minimum atomic E-state index is -0.586. The van der Waals surface area contributed by atoms with Crippen LogP contribution in [0.5, 0.6) is 5.75 Å². The van der Waals surface area contributed by atoms with Gasteiger partial charge in [0.05, 0.1) is 16.5 Å². The van der Waals surface area contributed by atoms with Gasteiger partial charge in [-0.1, -0.05) is 17.7 Å². The molecule has 0 radical (unpaired) electrons. The number of nitrogens with zero attached hydrogens (tertiary/aromatic N) is 1. The van der Waals surface area contributed by atoms with Gasteiger partial charge < -0.3 is 14.8 Å². The van der Waals surface area contributed by atoms with Gasteiger partial charge in [-0.2, -0.15) is 0 Å². The van der Waals surface area contributed by atoms with Crippen LogP contribution in [-0.2, 0) is 20.7 Å². The van der Waals surface area contributed by atoms with E-state index in [1.165, 1.54) is 18.2 Å². The van der Waals surface area contributed by atoms with Crippen LogP contribution in [0.15, 0.2) is 36.4 Å². The number of esters is 1. The van der Waals surface area contributed by atoms with E-state index in [1.54, 1.807) is 25.1 Å². The number of hydrogen-bond donors (Lipinski definition) is 1. The lowest BCUT2D eigenvalue weighted by molar-refractivity contribution is -0.384. The highest BCUT2D eigenvalue weighted by molar-refractivity contribution is 6.30. The number of ether oxygens (including phenoxy) is 2. The second-order valence-electron chi connectivity index (χ2n) is 6.38. The fraction of sp³-hybridized carbons (Fsp3) is 0.263. The number of amides is 1. The molecule has 0 unspecified atom stereocenters. The molecule has 0 saturated heterocycles. The Morgan fingerprint density at radius 2 is 2.11 bits per heavy atom. The van der Waals surface area contributed by atoms with Crippen molar-refractivity contribution >= 4 is 34.9 Å². The van der Waals surface area contributed by atoms with Crippen LogP contribution in [0.1, 0.15) is 11.1 Å². The van der Waals surface area contributed by atoms with Crippen molar-refractivity contribution in [2.75, 3.05) is 18.5 Å². The van der Waals surface area contributed by atoms with Crippen molar-refractivity contribution in [3.05, 3.63) is 62.7 Å². The van der Waals surface area contributed by atoms with Crippen molar-refractivity contribution in [3.63, 3.8) is 0 Å². The lowest BCUT2D eigenvalue weighted by atomic mass is 9.97. The number of benzene rings is 2. The molecular formula is C19H17ClN2O6. The summed E-state index contributed by atoms with van der Waals surface area (Å²) in [6, 6.07) is 9.31. The summed E-state index contributed by atoms with van der Waals surface area (Å²) in [6.45, 7) is 1.35. The Morgan fingerprint density at radius 1 is 1.32 bits per heavy atom. The Labute approximate surface area is 165 Å². The maximum atomic E-state index is 12.3. The number of rotatable bonds is 5. The number of carbonyl (C=O) groups excluding carboxylic acids is 2. The summed E-state index contributed by atoms with van der Waals surface area (Å²) in [6.07, 6.45) is 0.403. The van der Waals surface area contributed by atoms with Gasteiger partial charge in [0.1, 0.15) is 12.4 Å². The van der Waals surface area contributed by atoms with Crippen LogP contribution in [0.3, 0.4) is 0 Å². The standard InChI is InChI=1S/C19H17ClN2O6/c1-11-2-4-15(22(25)26)8-16(11)21-18(23)10-28-19(24)13-6-12-7-14(20)3-5-17(12)27-9-13/h2-5,7-8,13H,6,9-10H2,1H3,(H,21,23)/t13-/m0/s1. The molecule has 2 aromatic rings. The largest absolute Gasteiger partial charge is 0.492 e. The van der Waals surface area contributed by atoms with Crippen LogP contribution in [0, 0.1) is 23.0 Å². The fourth-order valence-corrected chi connectivity index (χ4v) is 3.01. The van der Waals surface area contributed by atoms with Gasteiger partial charge in [-0.15, -0.1) is 0 Å². The van der Waals surface area contributed by atoms with Gasteiger partial charge in [0, 0.05) is 17.2 Å². The lowest BCUT2D eigenvalue weighted by Crippen LogP contribution is -2.32. The van der Waals surface area contributed by atoms with Gasteiger partial charge in [0.15, 0.2) is 6.61 Å². The van der Waals surface area contributed by atoms with E-state index in [2.05, 4.69) is 5.32 Å². The number of hydrogen-bond acceptors (Lipinski definition) is 6. The van der Waals surface area contributed by atoms with Gasteiger partial charge in [-0.05, 0) is 42.7 Å². The minimum Gasteiger partial charge on any atom is -0.492 e. The molecule has 3 rings (SSSR count). The summed E-state index contributed by atoms with van der Waals surface area (Å²) in [7, 11) is 0. The molecule has 0 aliphatic carbocycles. The summed E-state index contributed by atoms with van der Waals surface area (Å²) < 4.78 is 10.6. The Bertz CT molecular complexity index is 946. The summed E-state index contributed by atoms with van der Waals surface area (Å²) in [5.41, 5.74) is 1.60. The number of nitro groups is 1. The molecular weight excluding hydrogens is 388 g/mol. The molecule has 0 spiro atoms. The molecule has 9 heteroatoms. The van der Waals surface area contributed by atoms with Crippen molar-refractivity contribution < 1.29 is 24.0 Å². The predicted octanol–water partition coefficient (Wildman–Crippen LogP) is 3.29. The zero-order valence-corrected chi connectivity index (χ0v) is 15.7. The molecule has 1 aliphatic rings. The summed E-state index contributed by atoms with van der Waals surface area (Å²) >= 11 is 5.96. The highest BCUT2D eigenvalue weighted by Gasteiger charge is 2.28. The van der Waals surface area contributed by atoms with Gasteiger partial charge in [-0.25, -0.2) is 0 Å². The van der Waals surface area contributed by atoms with Crippen LogP contribution in [0.25, 0.3) is 0 Å². The Morgan fingerprint density at radius 3 is 2.86 bits per heavy atom. The smallest absolute Gasteiger partial charge is 0.313 e. The third-order valence-corrected chi connectivity index (χ3v) is 4.55.